The maximum Gasteiger partial charge on any atom is 0.279 e. The molecule has 2 N–H and O–H groups in total. The van der Waals surface area contributed by atoms with E-state index >= 15 is 0 Å². The third-order valence-electron chi connectivity index (χ3n) is 10.3. The van der Waals surface area contributed by atoms with Crippen LogP contribution in [-0.2, 0) is 21.7 Å². The fourth-order valence-electron chi connectivity index (χ4n) is 8.06. The second-order valence-corrected chi connectivity index (χ2v) is 18.8. The van der Waals surface area contributed by atoms with Gasteiger partial charge in [-0.15, -0.1) is 0 Å². The maximum absolute atomic E-state index is 14.9. The molecule has 0 saturated carbocycles. The van der Waals surface area contributed by atoms with Crippen molar-refractivity contribution in [2.75, 3.05) is 18.6 Å². The van der Waals surface area contributed by atoms with Crippen LogP contribution in [0.5, 0.6) is 5.75 Å². The Labute approximate surface area is 283 Å². The SMILES string of the molecule is COc1ccc([Si](C)(C)[C@H]2[C@H](CCO)O[C@@]3(C(=O)N(Cc4cccc(-n5[nH]c6ccccc6c5=O)c4)c4ccc(Br)cc43)[C@@H]2C)cc1. The van der Waals surface area contributed by atoms with Crippen molar-refractivity contribution in [3.8, 4) is 11.4 Å². The molecule has 8 nitrogen and oxygen atoms in total. The third-order valence-corrected chi connectivity index (χ3v) is 15.2. The smallest absolute Gasteiger partial charge is 0.279 e. The first-order valence-electron chi connectivity index (χ1n) is 15.9. The summed E-state index contributed by atoms with van der Waals surface area (Å²) in [6.45, 7) is 7.09. The Kier molecular flexibility index (Phi) is 8.03. The number of carbonyl (C=O) groups is 1. The van der Waals surface area contributed by atoms with Gasteiger partial charge < -0.3 is 19.5 Å². The molecule has 0 bridgehead atoms. The van der Waals surface area contributed by atoms with E-state index in [2.05, 4.69) is 53.2 Å². The predicted octanol–water partition coefficient (Wildman–Crippen LogP) is 6.24. The van der Waals surface area contributed by atoms with Gasteiger partial charge in [-0.1, -0.05) is 77.5 Å². The first kappa shape index (κ1) is 31.6. The van der Waals surface area contributed by atoms with Gasteiger partial charge in [-0.25, -0.2) is 4.68 Å². The van der Waals surface area contributed by atoms with Crippen molar-refractivity contribution in [2.45, 2.75) is 50.2 Å². The number of methoxy groups -OCH3 is 1. The molecule has 1 aromatic heterocycles. The van der Waals surface area contributed by atoms with Crippen LogP contribution in [-0.4, -0.2) is 48.7 Å². The molecule has 242 valence electrons. The van der Waals surface area contributed by atoms with Crippen molar-refractivity contribution in [2.24, 2.45) is 5.92 Å². The van der Waals surface area contributed by atoms with Gasteiger partial charge in [0.2, 0.25) is 0 Å². The number of aliphatic hydroxyl groups excluding tert-OH is 1. The van der Waals surface area contributed by atoms with Crippen LogP contribution in [0.3, 0.4) is 0 Å². The van der Waals surface area contributed by atoms with Crippen LogP contribution >= 0.6 is 15.9 Å². The molecule has 0 radical (unpaired) electrons. The topological polar surface area (TPSA) is 96.8 Å². The Hall–Kier alpha value is -3.96. The van der Waals surface area contributed by atoms with Crippen molar-refractivity contribution in [1.82, 2.24) is 9.78 Å². The highest BCUT2D eigenvalue weighted by molar-refractivity contribution is 9.10. The summed E-state index contributed by atoms with van der Waals surface area (Å²) < 4.78 is 14.9. The molecule has 10 heteroatoms. The molecule has 1 saturated heterocycles. The number of hydrogen-bond acceptors (Lipinski definition) is 5. The second kappa shape index (κ2) is 11.9. The number of H-pyrrole nitrogens is 1. The summed E-state index contributed by atoms with van der Waals surface area (Å²) in [6, 6.07) is 29.4. The molecule has 1 fully saturated rings. The standard InChI is InChI=1S/C37H38BrN3O5Si/c1-23-34(47(3,4)28-15-13-27(45-2)14-16-28)33(18-19-42)46-37(23)30-21-25(38)12-17-32(30)40(36(37)44)22-24-8-7-9-26(20-24)41-35(43)29-10-5-6-11-31(29)39-41/h5-17,20-21,23,33-34,39,42H,18-19,22H2,1-4H3/t23-,33+,34-,37+/m1/s1. The van der Waals surface area contributed by atoms with E-state index in [-0.39, 0.29) is 35.6 Å². The Morgan fingerprint density at radius 3 is 2.49 bits per heavy atom. The molecule has 1 spiro atoms. The van der Waals surface area contributed by atoms with Gasteiger partial charge in [0.15, 0.2) is 5.60 Å². The van der Waals surface area contributed by atoms with Crippen molar-refractivity contribution in [1.29, 1.82) is 0 Å². The molecule has 2 aliphatic heterocycles. The van der Waals surface area contributed by atoms with E-state index in [0.29, 0.717) is 24.0 Å². The number of aromatic amines is 1. The zero-order valence-corrected chi connectivity index (χ0v) is 29.5. The number of amides is 1. The summed E-state index contributed by atoms with van der Waals surface area (Å²) in [6.07, 6.45) is 0.146. The quantitative estimate of drug-likeness (QED) is 0.186. The van der Waals surface area contributed by atoms with Crippen LogP contribution in [0.25, 0.3) is 16.6 Å². The fourth-order valence-corrected chi connectivity index (χ4v) is 12.5. The maximum atomic E-state index is 14.9. The van der Waals surface area contributed by atoms with Crippen LogP contribution < -0.4 is 20.4 Å². The lowest BCUT2D eigenvalue weighted by molar-refractivity contribution is -0.146. The highest BCUT2D eigenvalue weighted by Gasteiger charge is 2.66. The van der Waals surface area contributed by atoms with Crippen molar-refractivity contribution in [3.05, 3.63) is 117 Å². The van der Waals surface area contributed by atoms with Gasteiger partial charge in [-0.05, 0) is 72.1 Å². The molecule has 7 rings (SSSR count). The normalized spacial score (nSPS) is 22.4. The summed E-state index contributed by atoms with van der Waals surface area (Å²) in [4.78, 5) is 30.0. The fraction of sp³-hybridized carbons (Fsp3) is 0.297. The number of halogens is 1. The number of nitrogens with zero attached hydrogens (tertiary/aromatic N) is 2. The van der Waals surface area contributed by atoms with Crippen molar-refractivity contribution < 1.29 is 19.4 Å². The van der Waals surface area contributed by atoms with Crippen LogP contribution in [0.2, 0.25) is 18.6 Å². The number of aliphatic hydroxyl groups is 1. The molecule has 1 amide bonds. The van der Waals surface area contributed by atoms with Gasteiger partial charge in [0, 0.05) is 22.6 Å². The van der Waals surface area contributed by atoms with E-state index in [1.54, 1.807) is 11.8 Å². The van der Waals surface area contributed by atoms with Crippen LogP contribution in [0.4, 0.5) is 5.69 Å². The lowest BCUT2D eigenvalue weighted by Gasteiger charge is -2.37. The van der Waals surface area contributed by atoms with Crippen LogP contribution in [0.15, 0.2) is 100 Å². The molecular formula is C37H38BrN3O5Si. The Balaban J connectivity index is 1.28. The number of fused-ring (bicyclic) bond motifs is 3. The molecule has 47 heavy (non-hydrogen) atoms. The van der Waals surface area contributed by atoms with Gasteiger partial charge in [0.25, 0.3) is 11.5 Å². The van der Waals surface area contributed by atoms with Gasteiger partial charge in [0.1, 0.15) is 5.75 Å². The second-order valence-electron chi connectivity index (χ2n) is 13.2. The number of para-hydroxylation sites is 1. The van der Waals surface area contributed by atoms with E-state index in [9.17, 15) is 14.7 Å². The third kappa shape index (κ3) is 5.00. The average Bonchev–Trinajstić information content (AvgIpc) is 3.65. The number of ether oxygens (including phenoxy) is 2. The molecule has 0 aliphatic carbocycles. The highest BCUT2D eigenvalue weighted by atomic mass is 79.9. The zero-order chi connectivity index (χ0) is 33.1. The van der Waals surface area contributed by atoms with Gasteiger partial charge in [-0.2, -0.15) is 0 Å². The lowest BCUT2D eigenvalue weighted by Crippen LogP contribution is -2.51. The number of hydrogen-bond donors (Lipinski definition) is 2. The van der Waals surface area contributed by atoms with Gasteiger partial charge in [0.05, 0.1) is 50.1 Å². The van der Waals surface area contributed by atoms with E-state index in [1.165, 1.54) is 5.19 Å². The van der Waals surface area contributed by atoms with Crippen molar-refractivity contribution in [3.63, 3.8) is 0 Å². The minimum absolute atomic E-state index is 0.0276. The number of rotatable bonds is 8. The first-order valence-corrected chi connectivity index (χ1v) is 19.8. The summed E-state index contributed by atoms with van der Waals surface area (Å²) in [5, 5.41) is 15.3. The van der Waals surface area contributed by atoms with Gasteiger partial charge >= 0.3 is 0 Å². The Bertz CT molecular complexity index is 2040. The van der Waals surface area contributed by atoms with Gasteiger partial charge in [-0.3, -0.25) is 14.7 Å². The minimum atomic E-state index is -2.27. The molecule has 4 atom stereocenters. The predicted molar refractivity (Wildman–Crippen MR) is 191 cm³/mol. The Morgan fingerprint density at radius 1 is 1.00 bits per heavy atom. The minimum Gasteiger partial charge on any atom is -0.497 e. The molecule has 3 heterocycles. The molecule has 2 aliphatic rings. The number of nitrogens with one attached hydrogen (secondary N) is 1. The lowest BCUT2D eigenvalue weighted by atomic mass is 9.82. The van der Waals surface area contributed by atoms with Crippen molar-refractivity contribution >= 4 is 51.7 Å². The van der Waals surface area contributed by atoms with E-state index < -0.39 is 13.7 Å². The number of benzene rings is 4. The monoisotopic (exact) mass is 711 g/mol. The molecule has 0 unspecified atom stereocenters. The summed E-state index contributed by atoms with van der Waals surface area (Å²) >= 11 is 3.66. The number of anilines is 1. The number of aromatic nitrogens is 2. The molecule has 5 aromatic rings. The molecular weight excluding hydrogens is 674 g/mol. The Morgan fingerprint density at radius 2 is 1.77 bits per heavy atom. The van der Waals surface area contributed by atoms with E-state index in [0.717, 1.165) is 32.6 Å². The number of carbonyl (C=O) groups excluding carboxylic acids is 1. The van der Waals surface area contributed by atoms with E-state index in [4.69, 9.17) is 9.47 Å². The van der Waals surface area contributed by atoms with Crippen LogP contribution in [0, 0.1) is 5.92 Å². The molecule has 4 aromatic carbocycles. The zero-order valence-electron chi connectivity index (χ0n) is 26.9. The largest absolute Gasteiger partial charge is 0.497 e. The first-order chi connectivity index (χ1) is 22.6. The summed E-state index contributed by atoms with van der Waals surface area (Å²) in [5.41, 5.74) is 2.73. The summed E-state index contributed by atoms with van der Waals surface area (Å²) in [7, 11) is -0.611. The average molecular weight is 713 g/mol. The highest BCUT2D eigenvalue weighted by Crippen LogP contribution is 2.60. The summed E-state index contributed by atoms with van der Waals surface area (Å²) in [5.74, 6) is 0.539. The van der Waals surface area contributed by atoms with Crippen LogP contribution in [0.1, 0.15) is 24.5 Å². The van der Waals surface area contributed by atoms with E-state index in [1.807, 2.05) is 83.8 Å².